The predicted molar refractivity (Wildman–Crippen MR) is 39.5 cm³/mol. The maximum atomic E-state index is 5.24. The minimum atomic E-state index is -1.46. The molecular formula is C5H15NO2Si. The highest BCUT2D eigenvalue weighted by molar-refractivity contribution is 6.41. The van der Waals surface area contributed by atoms with Crippen LogP contribution in [0.2, 0.25) is 0 Å². The molecule has 0 heterocycles. The fourth-order valence-electron chi connectivity index (χ4n) is 0.518. The first-order chi connectivity index (χ1) is 4.35. The second-order valence-electron chi connectivity index (χ2n) is 1.53. The van der Waals surface area contributed by atoms with Crippen molar-refractivity contribution in [2.45, 2.75) is 13.8 Å². The van der Waals surface area contributed by atoms with Gasteiger partial charge in [-0.3, -0.25) is 4.98 Å². The Hall–Kier alpha value is 0.0969. The van der Waals surface area contributed by atoms with Crippen LogP contribution in [0, 0.1) is 0 Å². The van der Waals surface area contributed by atoms with Crippen LogP contribution in [0.15, 0.2) is 0 Å². The maximum absolute atomic E-state index is 5.24. The van der Waals surface area contributed by atoms with Gasteiger partial charge < -0.3 is 8.85 Å². The van der Waals surface area contributed by atoms with Gasteiger partial charge in [-0.05, 0) is 20.9 Å². The molecule has 0 aliphatic rings. The van der Waals surface area contributed by atoms with Gasteiger partial charge in [-0.2, -0.15) is 0 Å². The van der Waals surface area contributed by atoms with E-state index in [0.717, 1.165) is 13.2 Å². The van der Waals surface area contributed by atoms with Crippen LogP contribution >= 0.6 is 0 Å². The van der Waals surface area contributed by atoms with Crippen molar-refractivity contribution in [3.05, 3.63) is 0 Å². The van der Waals surface area contributed by atoms with Gasteiger partial charge in [0.1, 0.15) is 0 Å². The highest BCUT2D eigenvalue weighted by atomic mass is 28.3. The van der Waals surface area contributed by atoms with Gasteiger partial charge in [0.15, 0.2) is 0 Å². The van der Waals surface area contributed by atoms with E-state index in [2.05, 4.69) is 4.98 Å². The Morgan fingerprint density at radius 1 is 1.22 bits per heavy atom. The average molecular weight is 149 g/mol. The molecule has 0 aliphatic carbocycles. The average Bonchev–Trinajstić information content (AvgIpc) is 1.88. The molecule has 0 saturated carbocycles. The summed E-state index contributed by atoms with van der Waals surface area (Å²) >= 11 is 0. The van der Waals surface area contributed by atoms with Crippen LogP contribution in [0.1, 0.15) is 13.8 Å². The summed E-state index contributed by atoms with van der Waals surface area (Å²) in [6.45, 7) is 5.40. The van der Waals surface area contributed by atoms with E-state index in [1.54, 1.807) is 0 Å². The Balaban J connectivity index is 3.18. The van der Waals surface area contributed by atoms with Crippen molar-refractivity contribution in [3.8, 4) is 0 Å². The van der Waals surface area contributed by atoms with E-state index in [4.69, 9.17) is 8.85 Å². The smallest absolute Gasteiger partial charge is 0.385 e. The third-order valence-corrected chi connectivity index (χ3v) is 2.62. The Labute approximate surface area is 58.3 Å². The largest absolute Gasteiger partial charge is 0.408 e. The van der Waals surface area contributed by atoms with Crippen LogP contribution in [0.3, 0.4) is 0 Å². The Kier molecular flexibility index (Phi) is 6.29. The Bertz CT molecular complexity index is 56.9. The van der Waals surface area contributed by atoms with Crippen molar-refractivity contribution < 1.29 is 8.85 Å². The summed E-state index contributed by atoms with van der Waals surface area (Å²) in [6, 6.07) is 0. The highest BCUT2D eigenvalue weighted by Crippen LogP contribution is 1.82. The summed E-state index contributed by atoms with van der Waals surface area (Å²) in [5.41, 5.74) is 0. The van der Waals surface area contributed by atoms with Crippen molar-refractivity contribution in [3.63, 3.8) is 0 Å². The molecule has 0 saturated heterocycles. The summed E-state index contributed by atoms with van der Waals surface area (Å²) < 4.78 is 10.5. The lowest BCUT2D eigenvalue weighted by Gasteiger charge is -2.11. The lowest BCUT2D eigenvalue weighted by molar-refractivity contribution is 0.206. The van der Waals surface area contributed by atoms with Gasteiger partial charge >= 0.3 is 9.45 Å². The molecule has 0 bridgehead atoms. The zero-order chi connectivity index (χ0) is 7.11. The molecule has 0 rings (SSSR count). The van der Waals surface area contributed by atoms with Crippen molar-refractivity contribution >= 4 is 9.45 Å². The normalized spacial score (nSPS) is 10.7. The molecule has 0 amide bonds. The molecule has 0 aromatic heterocycles. The topological polar surface area (TPSA) is 30.5 Å². The molecule has 0 aromatic carbocycles. The first-order valence-corrected chi connectivity index (χ1v) is 4.77. The highest BCUT2D eigenvalue weighted by Gasteiger charge is 2.06. The van der Waals surface area contributed by atoms with Gasteiger partial charge in [0.05, 0.1) is 0 Å². The van der Waals surface area contributed by atoms with E-state index in [1.165, 1.54) is 0 Å². The molecule has 0 radical (unpaired) electrons. The molecule has 0 spiro atoms. The molecule has 9 heavy (non-hydrogen) atoms. The molecule has 3 nitrogen and oxygen atoms in total. The number of hydrogen-bond donors (Lipinski definition) is 1. The van der Waals surface area contributed by atoms with E-state index < -0.39 is 9.45 Å². The predicted octanol–water partition coefficient (Wildman–Crippen LogP) is -0.00400. The summed E-state index contributed by atoms with van der Waals surface area (Å²) in [5.74, 6) is 0. The van der Waals surface area contributed by atoms with Crippen LogP contribution in [-0.4, -0.2) is 29.7 Å². The standard InChI is InChI=1S/C5H15NO2Si/c1-4-7-9(6-3)8-5-2/h6,9H,4-5H2,1-3H3. The Morgan fingerprint density at radius 3 is 1.89 bits per heavy atom. The van der Waals surface area contributed by atoms with Crippen LogP contribution in [0.25, 0.3) is 0 Å². The van der Waals surface area contributed by atoms with Crippen molar-refractivity contribution in [2.75, 3.05) is 20.3 Å². The number of hydrogen-bond acceptors (Lipinski definition) is 3. The van der Waals surface area contributed by atoms with Gasteiger partial charge in [-0.25, -0.2) is 0 Å². The molecular weight excluding hydrogens is 134 g/mol. The first kappa shape index (κ1) is 9.10. The molecule has 0 atom stereocenters. The molecule has 0 aliphatic heterocycles. The van der Waals surface area contributed by atoms with Gasteiger partial charge in [-0.15, -0.1) is 0 Å². The molecule has 0 fully saturated rings. The number of rotatable bonds is 5. The molecule has 4 heteroatoms. The quantitative estimate of drug-likeness (QED) is 0.558. The van der Waals surface area contributed by atoms with E-state index in [-0.39, 0.29) is 0 Å². The minimum absolute atomic E-state index is 0.734. The van der Waals surface area contributed by atoms with E-state index in [9.17, 15) is 0 Å². The van der Waals surface area contributed by atoms with Crippen LogP contribution in [0.5, 0.6) is 0 Å². The fraction of sp³-hybridized carbons (Fsp3) is 1.00. The zero-order valence-corrected chi connectivity index (χ0v) is 7.46. The molecule has 0 unspecified atom stereocenters. The second kappa shape index (κ2) is 6.22. The SMILES string of the molecule is CCO[SiH](NC)OCC. The van der Waals surface area contributed by atoms with Crippen LogP contribution in [-0.2, 0) is 8.85 Å². The maximum Gasteiger partial charge on any atom is 0.408 e. The lowest BCUT2D eigenvalue weighted by Crippen LogP contribution is -2.37. The van der Waals surface area contributed by atoms with Crippen molar-refractivity contribution in [1.29, 1.82) is 0 Å². The summed E-state index contributed by atoms with van der Waals surface area (Å²) in [7, 11) is 0.400. The molecule has 56 valence electrons. The van der Waals surface area contributed by atoms with Gasteiger partial charge in [0.25, 0.3) is 0 Å². The lowest BCUT2D eigenvalue weighted by atomic mass is 10.9. The van der Waals surface area contributed by atoms with Crippen LogP contribution < -0.4 is 4.98 Å². The van der Waals surface area contributed by atoms with Crippen molar-refractivity contribution in [2.24, 2.45) is 0 Å². The van der Waals surface area contributed by atoms with Gasteiger partial charge in [0.2, 0.25) is 0 Å². The van der Waals surface area contributed by atoms with Gasteiger partial charge in [-0.1, -0.05) is 0 Å². The van der Waals surface area contributed by atoms with Crippen molar-refractivity contribution in [1.82, 2.24) is 4.98 Å². The van der Waals surface area contributed by atoms with E-state index in [1.807, 2.05) is 20.9 Å². The summed E-state index contributed by atoms with van der Waals surface area (Å²) in [6.07, 6.45) is 0. The molecule has 0 aromatic rings. The summed E-state index contributed by atoms with van der Waals surface area (Å²) in [5, 5.41) is 0. The minimum Gasteiger partial charge on any atom is -0.385 e. The Morgan fingerprint density at radius 2 is 1.67 bits per heavy atom. The third kappa shape index (κ3) is 4.59. The first-order valence-electron chi connectivity index (χ1n) is 3.25. The molecule has 1 N–H and O–H groups in total. The monoisotopic (exact) mass is 149 g/mol. The fourth-order valence-corrected chi connectivity index (χ4v) is 1.55. The van der Waals surface area contributed by atoms with E-state index >= 15 is 0 Å². The second-order valence-corrected chi connectivity index (χ2v) is 3.44. The zero-order valence-electron chi connectivity index (χ0n) is 6.31. The van der Waals surface area contributed by atoms with Crippen LogP contribution in [0.4, 0.5) is 0 Å². The van der Waals surface area contributed by atoms with Gasteiger partial charge in [0, 0.05) is 13.2 Å². The third-order valence-electron chi connectivity index (χ3n) is 0.872. The van der Waals surface area contributed by atoms with E-state index in [0.29, 0.717) is 0 Å². The summed E-state index contributed by atoms with van der Waals surface area (Å²) in [4.78, 5) is 3.00. The number of nitrogens with one attached hydrogen (secondary N) is 1.